The van der Waals surface area contributed by atoms with Gasteiger partial charge in [-0.05, 0) is 57.9 Å². The van der Waals surface area contributed by atoms with Crippen molar-refractivity contribution >= 4 is 11.6 Å². The molecule has 4 heteroatoms. The molecule has 0 aliphatic carbocycles. The second kappa shape index (κ2) is 5.40. The van der Waals surface area contributed by atoms with Gasteiger partial charge in [0.15, 0.2) is 0 Å². The quantitative estimate of drug-likeness (QED) is 0.722. The van der Waals surface area contributed by atoms with Crippen LogP contribution in [0.25, 0.3) is 0 Å². The van der Waals surface area contributed by atoms with Gasteiger partial charge in [0, 0.05) is 11.2 Å². The van der Waals surface area contributed by atoms with Gasteiger partial charge in [0.1, 0.15) is 5.75 Å². The van der Waals surface area contributed by atoms with Crippen LogP contribution in [0, 0.1) is 13.8 Å². The molecule has 0 radical (unpaired) electrons. The third kappa shape index (κ3) is 4.37. The molecule has 0 saturated heterocycles. The van der Waals surface area contributed by atoms with Crippen LogP contribution in [0.5, 0.6) is 5.75 Å². The normalized spacial score (nSPS) is 11.4. The first-order valence-electron chi connectivity index (χ1n) is 6.04. The summed E-state index contributed by atoms with van der Waals surface area (Å²) in [5.41, 5.74) is 2.25. The van der Waals surface area contributed by atoms with E-state index in [2.05, 4.69) is 10.6 Å². The summed E-state index contributed by atoms with van der Waals surface area (Å²) in [7, 11) is 0. The maximum absolute atomic E-state index is 11.8. The molecule has 0 aromatic heterocycles. The average Bonchev–Trinajstić information content (AvgIpc) is 2.22. The van der Waals surface area contributed by atoms with Crippen molar-refractivity contribution in [2.75, 3.05) is 11.9 Å². The lowest BCUT2D eigenvalue weighted by molar-refractivity contribution is -0.115. The van der Waals surface area contributed by atoms with Gasteiger partial charge in [-0.2, -0.15) is 0 Å². The van der Waals surface area contributed by atoms with Crippen LogP contribution in [-0.4, -0.2) is 23.1 Å². The first-order valence-corrected chi connectivity index (χ1v) is 6.04. The number of phenols is 1. The number of rotatable bonds is 3. The van der Waals surface area contributed by atoms with Crippen molar-refractivity contribution < 1.29 is 9.90 Å². The Bertz CT molecular complexity index is 448. The van der Waals surface area contributed by atoms with Gasteiger partial charge in [-0.15, -0.1) is 0 Å². The van der Waals surface area contributed by atoms with E-state index in [1.54, 1.807) is 19.1 Å². The summed E-state index contributed by atoms with van der Waals surface area (Å²) < 4.78 is 0. The maximum Gasteiger partial charge on any atom is 0.238 e. The Morgan fingerprint density at radius 3 is 2.39 bits per heavy atom. The van der Waals surface area contributed by atoms with Gasteiger partial charge in [0.2, 0.25) is 5.91 Å². The third-order valence-corrected chi connectivity index (χ3v) is 2.60. The number of hydrogen-bond donors (Lipinski definition) is 3. The van der Waals surface area contributed by atoms with Crippen molar-refractivity contribution in [3.63, 3.8) is 0 Å². The molecular formula is C14H22N2O2. The standard InChI is InChI=1S/C14H22N2O2/c1-9-7-12(17)10(2)6-11(9)16-13(18)8-15-14(3,4)5/h6-7,15,17H,8H2,1-5H3,(H,16,18). The van der Waals surface area contributed by atoms with E-state index in [0.717, 1.165) is 16.8 Å². The third-order valence-electron chi connectivity index (χ3n) is 2.60. The summed E-state index contributed by atoms with van der Waals surface area (Å²) in [5.74, 6) is 0.163. The number of carbonyl (C=O) groups is 1. The van der Waals surface area contributed by atoms with E-state index >= 15 is 0 Å². The zero-order valence-corrected chi connectivity index (χ0v) is 11.7. The molecule has 1 aromatic rings. The number of nitrogens with one attached hydrogen (secondary N) is 2. The lowest BCUT2D eigenvalue weighted by atomic mass is 10.1. The van der Waals surface area contributed by atoms with Gasteiger partial charge in [0.05, 0.1) is 6.54 Å². The van der Waals surface area contributed by atoms with Crippen LogP contribution in [0.4, 0.5) is 5.69 Å². The Kier molecular flexibility index (Phi) is 4.35. The highest BCUT2D eigenvalue weighted by Crippen LogP contribution is 2.24. The summed E-state index contributed by atoms with van der Waals surface area (Å²) in [6.07, 6.45) is 0. The summed E-state index contributed by atoms with van der Waals surface area (Å²) >= 11 is 0. The van der Waals surface area contributed by atoms with Gasteiger partial charge >= 0.3 is 0 Å². The Labute approximate surface area is 108 Å². The molecule has 3 N–H and O–H groups in total. The molecule has 1 aromatic carbocycles. The molecule has 0 aliphatic rings. The van der Waals surface area contributed by atoms with Crippen molar-refractivity contribution in [1.29, 1.82) is 0 Å². The van der Waals surface area contributed by atoms with Crippen LogP contribution < -0.4 is 10.6 Å². The summed E-state index contributed by atoms with van der Waals surface area (Å²) in [6.45, 7) is 9.95. The Balaban J connectivity index is 2.68. The fourth-order valence-corrected chi connectivity index (χ4v) is 1.48. The zero-order chi connectivity index (χ0) is 13.9. The molecule has 1 amide bonds. The molecule has 0 atom stereocenters. The van der Waals surface area contributed by atoms with Gasteiger partial charge in [-0.3, -0.25) is 4.79 Å². The molecule has 100 valence electrons. The molecule has 0 fully saturated rings. The largest absolute Gasteiger partial charge is 0.508 e. The molecule has 0 spiro atoms. The van der Waals surface area contributed by atoms with E-state index in [-0.39, 0.29) is 23.7 Å². The predicted octanol–water partition coefficient (Wildman–Crippen LogP) is 2.34. The van der Waals surface area contributed by atoms with E-state index in [1.807, 2.05) is 27.7 Å². The molecule has 0 aliphatic heterocycles. The number of benzene rings is 1. The fourth-order valence-electron chi connectivity index (χ4n) is 1.48. The van der Waals surface area contributed by atoms with Crippen molar-refractivity contribution in [2.24, 2.45) is 0 Å². The minimum absolute atomic E-state index is 0.0851. The minimum atomic E-state index is -0.0861. The second-order valence-electron chi connectivity index (χ2n) is 5.61. The summed E-state index contributed by atoms with van der Waals surface area (Å²) in [5, 5.41) is 15.5. The van der Waals surface area contributed by atoms with Crippen LogP contribution in [0.3, 0.4) is 0 Å². The Morgan fingerprint density at radius 2 is 1.83 bits per heavy atom. The predicted molar refractivity (Wildman–Crippen MR) is 74.0 cm³/mol. The van der Waals surface area contributed by atoms with E-state index < -0.39 is 0 Å². The highest BCUT2D eigenvalue weighted by molar-refractivity contribution is 5.93. The average molecular weight is 250 g/mol. The number of phenolic OH excluding ortho intramolecular Hbond substituents is 1. The van der Waals surface area contributed by atoms with Gasteiger partial charge in [-0.1, -0.05) is 0 Å². The maximum atomic E-state index is 11.8. The van der Waals surface area contributed by atoms with Gasteiger partial charge < -0.3 is 15.7 Å². The number of aromatic hydroxyl groups is 1. The number of carbonyl (C=O) groups excluding carboxylic acids is 1. The molecule has 1 rings (SSSR count). The molecule has 0 heterocycles. The molecular weight excluding hydrogens is 228 g/mol. The van der Waals surface area contributed by atoms with E-state index in [0.29, 0.717) is 0 Å². The number of aryl methyl sites for hydroxylation is 2. The van der Waals surface area contributed by atoms with Crippen LogP contribution in [0.1, 0.15) is 31.9 Å². The van der Waals surface area contributed by atoms with Crippen molar-refractivity contribution in [3.05, 3.63) is 23.3 Å². The van der Waals surface area contributed by atoms with E-state index in [9.17, 15) is 9.90 Å². The SMILES string of the molecule is Cc1cc(NC(=O)CNC(C)(C)C)c(C)cc1O. The van der Waals surface area contributed by atoms with Gasteiger partial charge in [0.25, 0.3) is 0 Å². The zero-order valence-electron chi connectivity index (χ0n) is 11.7. The van der Waals surface area contributed by atoms with Crippen molar-refractivity contribution in [3.8, 4) is 5.75 Å². The van der Waals surface area contributed by atoms with Crippen LogP contribution in [-0.2, 0) is 4.79 Å². The van der Waals surface area contributed by atoms with E-state index in [4.69, 9.17) is 0 Å². The fraction of sp³-hybridized carbons (Fsp3) is 0.500. The number of hydrogen-bond acceptors (Lipinski definition) is 3. The number of anilines is 1. The van der Waals surface area contributed by atoms with Gasteiger partial charge in [-0.25, -0.2) is 0 Å². The molecule has 4 nitrogen and oxygen atoms in total. The monoisotopic (exact) mass is 250 g/mol. The van der Waals surface area contributed by atoms with Crippen LogP contribution in [0.15, 0.2) is 12.1 Å². The summed E-state index contributed by atoms with van der Waals surface area (Å²) in [4.78, 5) is 11.8. The highest BCUT2D eigenvalue weighted by atomic mass is 16.3. The number of amides is 1. The van der Waals surface area contributed by atoms with Crippen molar-refractivity contribution in [1.82, 2.24) is 5.32 Å². The van der Waals surface area contributed by atoms with E-state index in [1.165, 1.54) is 0 Å². The smallest absolute Gasteiger partial charge is 0.238 e. The minimum Gasteiger partial charge on any atom is -0.508 e. The highest BCUT2D eigenvalue weighted by Gasteiger charge is 2.12. The molecule has 18 heavy (non-hydrogen) atoms. The van der Waals surface area contributed by atoms with Crippen LogP contribution in [0.2, 0.25) is 0 Å². The second-order valence-corrected chi connectivity index (χ2v) is 5.61. The molecule has 0 bridgehead atoms. The van der Waals surface area contributed by atoms with Crippen molar-refractivity contribution in [2.45, 2.75) is 40.2 Å². The topological polar surface area (TPSA) is 61.4 Å². The Morgan fingerprint density at radius 1 is 1.22 bits per heavy atom. The lowest BCUT2D eigenvalue weighted by Gasteiger charge is -2.20. The first-order chi connectivity index (χ1) is 8.19. The molecule has 0 saturated carbocycles. The first kappa shape index (κ1) is 14.5. The Hall–Kier alpha value is -1.55. The summed E-state index contributed by atoms with van der Waals surface area (Å²) in [6, 6.07) is 3.43. The lowest BCUT2D eigenvalue weighted by Crippen LogP contribution is -2.41. The van der Waals surface area contributed by atoms with Crippen LogP contribution >= 0.6 is 0 Å². The molecule has 0 unspecified atom stereocenters.